The van der Waals surface area contributed by atoms with Gasteiger partial charge < -0.3 is 10.6 Å². The minimum absolute atomic E-state index is 0.202. The Labute approximate surface area is 114 Å². The minimum atomic E-state index is -0.202. The molecule has 19 heavy (non-hydrogen) atoms. The lowest BCUT2D eigenvalue weighted by atomic mass is 10.2. The Bertz CT molecular complexity index is 427. The van der Waals surface area contributed by atoms with E-state index in [1.54, 1.807) is 13.1 Å². The number of nitrogens with one attached hydrogen (secondary N) is 2. The molecule has 1 aromatic rings. The lowest BCUT2D eigenvalue weighted by molar-refractivity contribution is 0.623. The van der Waals surface area contributed by atoms with Gasteiger partial charge >= 0.3 is 0 Å². The smallest absolute Gasteiger partial charge is 0.191 e. The third kappa shape index (κ3) is 5.28. The van der Waals surface area contributed by atoms with Crippen molar-refractivity contribution in [1.82, 2.24) is 10.6 Å². The summed E-state index contributed by atoms with van der Waals surface area (Å²) in [6.07, 6.45) is 5.32. The standard InChI is InChI=1S/C15H22FN3/c1-17-15(18-9-3-5-12-7-8-12)19-11-13-4-2-6-14(16)10-13/h2,4,6,10,12H,3,5,7-9,11H2,1H3,(H2,17,18,19). The summed E-state index contributed by atoms with van der Waals surface area (Å²) in [5, 5.41) is 6.47. The van der Waals surface area contributed by atoms with Crippen molar-refractivity contribution in [1.29, 1.82) is 0 Å². The number of halogens is 1. The topological polar surface area (TPSA) is 36.4 Å². The largest absolute Gasteiger partial charge is 0.356 e. The van der Waals surface area contributed by atoms with E-state index < -0.39 is 0 Å². The summed E-state index contributed by atoms with van der Waals surface area (Å²) in [5.74, 6) is 1.55. The van der Waals surface area contributed by atoms with E-state index in [0.717, 1.165) is 24.0 Å². The average Bonchev–Trinajstić information content (AvgIpc) is 3.22. The molecule has 4 heteroatoms. The van der Waals surface area contributed by atoms with E-state index in [2.05, 4.69) is 15.6 Å². The van der Waals surface area contributed by atoms with Gasteiger partial charge in [0.25, 0.3) is 0 Å². The first-order valence-corrected chi connectivity index (χ1v) is 6.97. The Morgan fingerprint density at radius 1 is 1.37 bits per heavy atom. The minimum Gasteiger partial charge on any atom is -0.356 e. The lowest BCUT2D eigenvalue weighted by Gasteiger charge is -2.11. The lowest BCUT2D eigenvalue weighted by Crippen LogP contribution is -2.37. The van der Waals surface area contributed by atoms with E-state index in [4.69, 9.17) is 0 Å². The normalized spacial score (nSPS) is 15.4. The Morgan fingerprint density at radius 2 is 2.21 bits per heavy atom. The molecule has 0 atom stereocenters. The second kappa shape index (κ2) is 7.12. The number of guanidine groups is 1. The van der Waals surface area contributed by atoms with Gasteiger partial charge in [0.1, 0.15) is 5.82 Å². The van der Waals surface area contributed by atoms with Crippen LogP contribution >= 0.6 is 0 Å². The van der Waals surface area contributed by atoms with Crippen LogP contribution in [0.3, 0.4) is 0 Å². The van der Waals surface area contributed by atoms with Crippen molar-refractivity contribution in [2.75, 3.05) is 13.6 Å². The maximum absolute atomic E-state index is 13.0. The molecular formula is C15H22FN3. The van der Waals surface area contributed by atoms with Crippen molar-refractivity contribution in [3.8, 4) is 0 Å². The van der Waals surface area contributed by atoms with Gasteiger partial charge in [0.15, 0.2) is 5.96 Å². The van der Waals surface area contributed by atoms with E-state index in [1.165, 1.54) is 37.8 Å². The second-order valence-corrected chi connectivity index (χ2v) is 5.07. The molecule has 3 nitrogen and oxygen atoms in total. The zero-order chi connectivity index (χ0) is 13.5. The van der Waals surface area contributed by atoms with Crippen LogP contribution in [0.25, 0.3) is 0 Å². The van der Waals surface area contributed by atoms with Crippen LogP contribution in [0.5, 0.6) is 0 Å². The molecule has 0 spiro atoms. The van der Waals surface area contributed by atoms with Crippen molar-refractivity contribution in [2.45, 2.75) is 32.2 Å². The van der Waals surface area contributed by atoms with Crippen molar-refractivity contribution in [3.63, 3.8) is 0 Å². The van der Waals surface area contributed by atoms with Gasteiger partial charge in [-0.05, 0) is 36.5 Å². The van der Waals surface area contributed by atoms with Gasteiger partial charge in [0, 0.05) is 20.1 Å². The Balaban J connectivity index is 1.66. The first-order chi connectivity index (χ1) is 9.28. The molecule has 1 aliphatic rings. The Hall–Kier alpha value is -1.58. The van der Waals surface area contributed by atoms with Crippen LogP contribution in [-0.2, 0) is 6.54 Å². The van der Waals surface area contributed by atoms with E-state index in [0.29, 0.717) is 6.54 Å². The molecule has 104 valence electrons. The van der Waals surface area contributed by atoms with Crippen LogP contribution in [0.4, 0.5) is 4.39 Å². The van der Waals surface area contributed by atoms with Gasteiger partial charge in [-0.15, -0.1) is 0 Å². The van der Waals surface area contributed by atoms with Crippen molar-refractivity contribution >= 4 is 5.96 Å². The number of nitrogens with zero attached hydrogens (tertiary/aromatic N) is 1. The highest BCUT2D eigenvalue weighted by Crippen LogP contribution is 2.33. The summed E-state index contributed by atoms with van der Waals surface area (Å²) in [7, 11) is 1.75. The predicted octanol–water partition coefficient (Wildman–Crippen LogP) is 2.68. The number of hydrogen-bond donors (Lipinski definition) is 2. The van der Waals surface area contributed by atoms with Gasteiger partial charge in [-0.25, -0.2) is 4.39 Å². The molecule has 0 aromatic heterocycles. The van der Waals surface area contributed by atoms with Crippen LogP contribution in [0, 0.1) is 11.7 Å². The number of rotatable bonds is 6. The maximum Gasteiger partial charge on any atom is 0.191 e. The van der Waals surface area contributed by atoms with Gasteiger partial charge in [0.2, 0.25) is 0 Å². The van der Waals surface area contributed by atoms with E-state index in [1.807, 2.05) is 6.07 Å². The molecule has 2 rings (SSSR count). The molecule has 1 aliphatic carbocycles. The van der Waals surface area contributed by atoms with Crippen LogP contribution in [0.15, 0.2) is 29.3 Å². The molecule has 0 bridgehead atoms. The van der Waals surface area contributed by atoms with Crippen LogP contribution in [-0.4, -0.2) is 19.6 Å². The van der Waals surface area contributed by atoms with Crippen LogP contribution in [0.2, 0.25) is 0 Å². The number of aliphatic imine (C=N–C) groups is 1. The van der Waals surface area contributed by atoms with E-state index in [9.17, 15) is 4.39 Å². The SMILES string of the molecule is CN=C(NCCCC1CC1)NCc1cccc(F)c1. The summed E-state index contributed by atoms with van der Waals surface area (Å²) >= 11 is 0. The molecule has 1 fully saturated rings. The van der Waals surface area contributed by atoms with Crippen LogP contribution in [0.1, 0.15) is 31.2 Å². The highest BCUT2D eigenvalue weighted by atomic mass is 19.1. The van der Waals surface area contributed by atoms with Crippen LogP contribution < -0.4 is 10.6 Å². The molecule has 0 radical (unpaired) electrons. The van der Waals surface area contributed by atoms with Crippen molar-refractivity contribution in [3.05, 3.63) is 35.6 Å². The number of benzene rings is 1. The fourth-order valence-corrected chi connectivity index (χ4v) is 2.06. The van der Waals surface area contributed by atoms with E-state index >= 15 is 0 Å². The van der Waals surface area contributed by atoms with E-state index in [-0.39, 0.29) is 5.82 Å². The monoisotopic (exact) mass is 263 g/mol. The van der Waals surface area contributed by atoms with Gasteiger partial charge in [0.05, 0.1) is 0 Å². The zero-order valence-electron chi connectivity index (χ0n) is 11.5. The average molecular weight is 263 g/mol. The first kappa shape index (κ1) is 13.8. The molecule has 0 unspecified atom stereocenters. The molecule has 2 N–H and O–H groups in total. The molecule has 1 aromatic carbocycles. The summed E-state index contributed by atoms with van der Waals surface area (Å²) in [6.45, 7) is 1.53. The molecule has 1 saturated carbocycles. The molecule has 0 amide bonds. The van der Waals surface area contributed by atoms with Gasteiger partial charge in [-0.1, -0.05) is 25.0 Å². The summed E-state index contributed by atoms with van der Waals surface area (Å²) in [6, 6.07) is 6.61. The summed E-state index contributed by atoms with van der Waals surface area (Å²) in [5.41, 5.74) is 0.918. The molecule has 0 heterocycles. The highest BCUT2D eigenvalue weighted by molar-refractivity contribution is 5.79. The maximum atomic E-state index is 13.0. The fourth-order valence-electron chi connectivity index (χ4n) is 2.06. The summed E-state index contributed by atoms with van der Waals surface area (Å²) < 4.78 is 13.0. The predicted molar refractivity (Wildman–Crippen MR) is 76.6 cm³/mol. The van der Waals surface area contributed by atoms with Crippen molar-refractivity contribution < 1.29 is 4.39 Å². The first-order valence-electron chi connectivity index (χ1n) is 6.97. The third-order valence-electron chi connectivity index (χ3n) is 3.35. The molecular weight excluding hydrogens is 241 g/mol. The number of hydrogen-bond acceptors (Lipinski definition) is 1. The Morgan fingerprint density at radius 3 is 2.89 bits per heavy atom. The zero-order valence-corrected chi connectivity index (χ0v) is 11.5. The highest BCUT2D eigenvalue weighted by Gasteiger charge is 2.19. The Kier molecular flexibility index (Phi) is 5.19. The molecule has 0 saturated heterocycles. The van der Waals surface area contributed by atoms with Gasteiger partial charge in [-0.2, -0.15) is 0 Å². The third-order valence-corrected chi connectivity index (χ3v) is 3.35. The van der Waals surface area contributed by atoms with Gasteiger partial charge in [-0.3, -0.25) is 4.99 Å². The second-order valence-electron chi connectivity index (χ2n) is 5.07. The summed E-state index contributed by atoms with van der Waals surface area (Å²) in [4.78, 5) is 4.16. The quantitative estimate of drug-likeness (QED) is 0.470. The fraction of sp³-hybridized carbons (Fsp3) is 0.533. The van der Waals surface area contributed by atoms with Crippen molar-refractivity contribution in [2.24, 2.45) is 10.9 Å². The molecule has 0 aliphatic heterocycles.